The number of rotatable bonds is 3. The molecule has 2 aromatic rings. The molecule has 1 N–H and O–H groups in total. The van der Waals surface area contributed by atoms with Crippen LogP contribution in [0.4, 0.5) is 5.82 Å². The fraction of sp³-hybridized carbons (Fsp3) is 0.421. The molecule has 2 aliphatic rings. The van der Waals surface area contributed by atoms with Gasteiger partial charge in [0, 0.05) is 30.3 Å². The van der Waals surface area contributed by atoms with E-state index in [1.54, 1.807) is 13.3 Å². The third kappa shape index (κ3) is 2.54. The Kier molecular flexibility index (Phi) is 3.52. The van der Waals surface area contributed by atoms with Gasteiger partial charge in [0.2, 0.25) is 0 Å². The number of hydrogen-bond acceptors (Lipinski definition) is 4. The molecule has 0 amide bonds. The van der Waals surface area contributed by atoms with Gasteiger partial charge in [-0.3, -0.25) is 0 Å². The van der Waals surface area contributed by atoms with Crippen LogP contribution in [0.3, 0.4) is 0 Å². The lowest BCUT2D eigenvalue weighted by atomic mass is 9.58. The number of methoxy groups -OCH3 is 1. The zero-order valence-corrected chi connectivity index (χ0v) is 14.7. The second-order valence-electron chi connectivity index (χ2n) is 7.36. The Morgan fingerprint density at radius 1 is 1.29 bits per heavy atom. The molecule has 24 heavy (non-hydrogen) atoms. The van der Waals surface area contributed by atoms with Crippen molar-refractivity contribution < 1.29 is 9.84 Å². The molecule has 1 aromatic heterocycles. The summed E-state index contributed by atoms with van der Waals surface area (Å²) in [5.41, 5.74) is 1.77. The normalized spacial score (nSPS) is 27.9. The van der Waals surface area contributed by atoms with E-state index in [2.05, 4.69) is 22.0 Å². The van der Waals surface area contributed by atoms with E-state index in [-0.39, 0.29) is 5.41 Å². The third-order valence-electron chi connectivity index (χ3n) is 5.17. The topological polar surface area (TPSA) is 45.6 Å². The van der Waals surface area contributed by atoms with Crippen LogP contribution in [-0.2, 0) is 12.0 Å². The minimum absolute atomic E-state index is 0.0246. The highest BCUT2D eigenvalue weighted by Crippen LogP contribution is 2.56. The van der Waals surface area contributed by atoms with Crippen molar-refractivity contribution in [3.8, 4) is 5.75 Å². The minimum atomic E-state index is -0.588. The van der Waals surface area contributed by atoms with E-state index in [0.717, 1.165) is 37.5 Å². The van der Waals surface area contributed by atoms with Gasteiger partial charge in [-0.05, 0) is 43.5 Å². The van der Waals surface area contributed by atoms with Crippen molar-refractivity contribution in [2.45, 2.75) is 37.3 Å². The predicted molar refractivity (Wildman–Crippen MR) is 94.8 cm³/mol. The van der Waals surface area contributed by atoms with Gasteiger partial charge < -0.3 is 14.7 Å². The van der Waals surface area contributed by atoms with Crippen molar-refractivity contribution in [2.24, 2.45) is 0 Å². The fourth-order valence-electron chi connectivity index (χ4n) is 4.39. The van der Waals surface area contributed by atoms with Crippen LogP contribution >= 0.6 is 11.6 Å². The molecule has 126 valence electrons. The van der Waals surface area contributed by atoms with Crippen LogP contribution in [0.15, 0.2) is 36.5 Å². The van der Waals surface area contributed by atoms with E-state index in [9.17, 15) is 5.11 Å². The van der Waals surface area contributed by atoms with E-state index < -0.39 is 5.60 Å². The van der Waals surface area contributed by atoms with Crippen LogP contribution in [-0.4, -0.2) is 29.3 Å². The molecule has 1 aliphatic carbocycles. The number of aliphatic hydroxyl groups is 1. The van der Waals surface area contributed by atoms with Gasteiger partial charge in [0.15, 0.2) is 0 Å². The first-order valence-corrected chi connectivity index (χ1v) is 8.55. The summed E-state index contributed by atoms with van der Waals surface area (Å²) in [6.45, 7) is 3.56. The summed E-state index contributed by atoms with van der Waals surface area (Å²) >= 11 is 6.19. The quantitative estimate of drug-likeness (QED) is 0.925. The molecule has 0 radical (unpaired) electrons. The van der Waals surface area contributed by atoms with Gasteiger partial charge in [0.1, 0.15) is 11.6 Å². The van der Waals surface area contributed by atoms with Crippen molar-refractivity contribution in [3.05, 3.63) is 52.7 Å². The Bertz CT molecular complexity index is 765. The van der Waals surface area contributed by atoms with Gasteiger partial charge in [-0.25, -0.2) is 4.98 Å². The largest absolute Gasteiger partial charge is 0.497 e. The van der Waals surface area contributed by atoms with Crippen molar-refractivity contribution >= 4 is 17.4 Å². The van der Waals surface area contributed by atoms with Crippen molar-refractivity contribution in [1.29, 1.82) is 0 Å². The van der Waals surface area contributed by atoms with Crippen LogP contribution < -0.4 is 9.64 Å². The molecule has 0 unspecified atom stereocenters. The Balaban J connectivity index is 1.63. The molecular formula is C19H21ClN2O2. The number of hydrogen-bond donors (Lipinski definition) is 1. The fourth-order valence-corrected chi connectivity index (χ4v) is 4.55. The summed E-state index contributed by atoms with van der Waals surface area (Å²) in [6, 6.07) is 10.1. The second kappa shape index (κ2) is 5.36. The Labute approximate surface area is 147 Å². The van der Waals surface area contributed by atoms with Gasteiger partial charge in [-0.1, -0.05) is 23.7 Å². The van der Waals surface area contributed by atoms with E-state index in [1.165, 1.54) is 11.1 Å². The van der Waals surface area contributed by atoms with E-state index in [4.69, 9.17) is 16.3 Å². The average Bonchev–Trinajstić information content (AvgIpc) is 2.80. The molecule has 5 heteroatoms. The monoisotopic (exact) mass is 344 g/mol. The maximum absolute atomic E-state index is 10.3. The van der Waals surface area contributed by atoms with Crippen molar-refractivity contribution in [3.63, 3.8) is 0 Å². The van der Waals surface area contributed by atoms with Crippen LogP contribution in [0, 0.1) is 0 Å². The predicted octanol–water partition coefficient (Wildman–Crippen LogP) is 3.55. The first-order chi connectivity index (χ1) is 11.4. The summed E-state index contributed by atoms with van der Waals surface area (Å²) in [6.07, 6.45) is 3.22. The number of anilines is 1. The average molecular weight is 345 g/mol. The summed E-state index contributed by atoms with van der Waals surface area (Å²) in [5, 5.41) is 10.9. The summed E-state index contributed by atoms with van der Waals surface area (Å²) in [5.74, 6) is 1.85. The number of ether oxygens (including phenoxy) is 1. The van der Waals surface area contributed by atoms with Gasteiger partial charge in [0.05, 0.1) is 17.7 Å². The lowest BCUT2D eigenvalue weighted by Crippen LogP contribution is -2.54. The minimum Gasteiger partial charge on any atom is -0.497 e. The Morgan fingerprint density at radius 3 is 2.62 bits per heavy atom. The van der Waals surface area contributed by atoms with Crippen molar-refractivity contribution in [1.82, 2.24) is 4.98 Å². The Morgan fingerprint density at radius 2 is 2.00 bits per heavy atom. The van der Waals surface area contributed by atoms with Crippen LogP contribution in [0.25, 0.3) is 0 Å². The zero-order valence-electron chi connectivity index (χ0n) is 13.9. The maximum atomic E-state index is 10.3. The first kappa shape index (κ1) is 15.7. The zero-order chi connectivity index (χ0) is 16.9. The summed E-state index contributed by atoms with van der Waals surface area (Å²) < 4.78 is 5.22. The number of fused-ring (bicyclic) bond motifs is 2. The standard InChI is InChI=1S/C19H21ClN2O2/c1-18(23)10-19(11-18)12-22(17-16(19)7-14(20)8-21-17)9-13-3-5-15(24-2)6-4-13/h3-8,23H,9-12H2,1-2H3. The van der Waals surface area contributed by atoms with E-state index >= 15 is 0 Å². The highest BCUT2D eigenvalue weighted by atomic mass is 35.5. The van der Waals surface area contributed by atoms with Crippen LogP contribution in [0.1, 0.15) is 30.9 Å². The lowest BCUT2D eigenvalue weighted by molar-refractivity contribution is -0.0700. The molecule has 1 spiro atoms. The molecule has 0 atom stereocenters. The second-order valence-corrected chi connectivity index (χ2v) is 7.80. The lowest BCUT2D eigenvalue weighted by Gasteiger charge is -2.50. The molecule has 4 rings (SSSR count). The summed E-state index contributed by atoms with van der Waals surface area (Å²) in [4.78, 5) is 6.88. The van der Waals surface area contributed by atoms with Gasteiger partial charge in [-0.15, -0.1) is 0 Å². The molecule has 1 aromatic carbocycles. The smallest absolute Gasteiger partial charge is 0.132 e. The SMILES string of the molecule is COc1ccc(CN2CC3(CC(C)(O)C3)c3cc(Cl)cnc32)cc1. The van der Waals surface area contributed by atoms with Gasteiger partial charge >= 0.3 is 0 Å². The van der Waals surface area contributed by atoms with Crippen molar-refractivity contribution in [2.75, 3.05) is 18.6 Å². The molecule has 2 heterocycles. The highest BCUT2D eigenvalue weighted by Gasteiger charge is 2.57. The number of nitrogens with zero attached hydrogens (tertiary/aromatic N) is 2. The number of halogens is 1. The molecule has 1 aliphatic heterocycles. The van der Waals surface area contributed by atoms with Crippen LogP contribution in [0.5, 0.6) is 5.75 Å². The number of benzene rings is 1. The first-order valence-electron chi connectivity index (χ1n) is 8.17. The third-order valence-corrected chi connectivity index (χ3v) is 5.38. The molecule has 1 fully saturated rings. The maximum Gasteiger partial charge on any atom is 0.132 e. The molecule has 1 saturated carbocycles. The van der Waals surface area contributed by atoms with Gasteiger partial charge in [-0.2, -0.15) is 0 Å². The summed E-state index contributed by atoms with van der Waals surface area (Å²) in [7, 11) is 1.67. The molecule has 0 saturated heterocycles. The highest BCUT2D eigenvalue weighted by molar-refractivity contribution is 6.30. The van der Waals surface area contributed by atoms with E-state index in [0.29, 0.717) is 5.02 Å². The van der Waals surface area contributed by atoms with E-state index in [1.807, 2.05) is 25.1 Å². The molecule has 0 bridgehead atoms. The molecule has 4 nitrogen and oxygen atoms in total. The Hall–Kier alpha value is -1.78. The van der Waals surface area contributed by atoms with Gasteiger partial charge in [0.25, 0.3) is 0 Å². The number of aromatic nitrogens is 1. The van der Waals surface area contributed by atoms with Crippen LogP contribution in [0.2, 0.25) is 5.02 Å². The molecular weight excluding hydrogens is 324 g/mol. The number of pyridine rings is 1.